The Morgan fingerprint density at radius 3 is 2.29 bits per heavy atom. The van der Waals surface area contributed by atoms with Crippen molar-refractivity contribution in [3.8, 4) is 0 Å². The minimum absolute atomic E-state index is 0.100. The SMILES string of the molecule is O=S(=O)(Cc1ccccc1)N[C@@H](c1ccc(F)cc1)c1cccs1. The Balaban J connectivity index is 1.88. The van der Waals surface area contributed by atoms with E-state index in [2.05, 4.69) is 4.72 Å². The summed E-state index contributed by atoms with van der Waals surface area (Å²) in [5.41, 5.74) is 1.42. The van der Waals surface area contributed by atoms with E-state index in [9.17, 15) is 12.8 Å². The van der Waals surface area contributed by atoms with Gasteiger partial charge in [0.15, 0.2) is 0 Å². The van der Waals surface area contributed by atoms with E-state index in [1.807, 2.05) is 35.7 Å². The summed E-state index contributed by atoms with van der Waals surface area (Å²) < 4.78 is 41.1. The zero-order chi connectivity index (χ0) is 17.0. The quantitative estimate of drug-likeness (QED) is 0.719. The van der Waals surface area contributed by atoms with Crippen LogP contribution in [0.2, 0.25) is 0 Å². The number of thiophene rings is 1. The third kappa shape index (κ3) is 4.29. The van der Waals surface area contributed by atoms with Gasteiger partial charge in [-0.15, -0.1) is 11.3 Å². The van der Waals surface area contributed by atoms with Crippen LogP contribution in [-0.4, -0.2) is 8.42 Å². The summed E-state index contributed by atoms with van der Waals surface area (Å²) in [6.45, 7) is 0. The van der Waals surface area contributed by atoms with E-state index in [1.165, 1.54) is 23.5 Å². The van der Waals surface area contributed by atoms with Gasteiger partial charge in [-0.25, -0.2) is 17.5 Å². The van der Waals surface area contributed by atoms with E-state index in [0.29, 0.717) is 11.1 Å². The highest BCUT2D eigenvalue weighted by atomic mass is 32.2. The molecule has 6 heteroatoms. The maximum atomic E-state index is 13.2. The summed E-state index contributed by atoms with van der Waals surface area (Å²) in [5.74, 6) is -0.451. The first-order valence-corrected chi connectivity index (χ1v) is 9.89. The molecular weight excluding hydrogens is 345 g/mol. The Bertz CT molecular complexity index is 877. The molecule has 3 nitrogen and oxygen atoms in total. The van der Waals surface area contributed by atoms with Gasteiger partial charge in [-0.2, -0.15) is 0 Å². The minimum atomic E-state index is -3.56. The molecule has 0 saturated heterocycles. The molecule has 124 valence electrons. The molecule has 0 spiro atoms. The first kappa shape index (κ1) is 16.8. The second kappa shape index (κ2) is 7.25. The van der Waals surface area contributed by atoms with Crippen molar-refractivity contribution in [3.05, 3.63) is 93.9 Å². The van der Waals surface area contributed by atoms with E-state index in [0.717, 1.165) is 4.88 Å². The van der Waals surface area contributed by atoms with E-state index in [4.69, 9.17) is 0 Å². The van der Waals surface area contributed by atoms with Crippen molar-refractivity contribution in [1.82, 2.24) is 4.72 Å². The van der Waals surface area contributed by atoms with Crippen LogP contribution in [0.5, 0.6) is 0 Å². The summed E-state index contributed by atoms with van der Waals surface area (Å²) in [7, 11) is -3.56. The van der Waals surface area contributed by atoms with Crippen LogP contribution in [0.4, 0.5) is 4.39 Å². The van der Waals surface area contributed by atoms with Gasteiger partial charge in [0, 0.05) is 4.88 Å². The van der Waals surface area contributed by atoms with E-state index < -0.39 is 16.1 Å². The lowest BCUT2D eigenvalue weighted by molar-refractivity contribution is 0.572. The van der Waals surface area contributed by atoms with Crippen LogP contribution in [0, 0.1) is 5.82 Å². The number of halogens is 1. The molecule has 1 heterocycles. The van der Waals surface area contributed by atoms with Crippen molar-refractivity contribution < 1.29 is 12.8 Å². The van der Waals surface area contributed by atoms with Crippen molar-refractivity contribution >= 4 is 21.4 Å². The molecule has 0 saturated carbocycles. The van der Waals surface area contributed by atoms with E-state index >= 15 is 0 Å². The van der Waals surface area contributed by atoms with Crippen LogP contribution < -0.4 is 4.72 Å². The van der Waals surface area contributed by atoms with Crippen LogP contribution in [0.15, 0.2) is 72.1 Å². The average molecular weight is 361 g/mol. The second-order valence-corrected chi connectivity index (χ2v) is 8.10. The largest absolute Gasteiger partial charge is 0.216 e. The fourth-order valence-corrected chi connectivity index (χ4v) is 4.63. The lowest BCUT2D eigenvalue weighted by Crippen LogP contribution is -2.30. The third-order valence-corrected chi connectivity index (χ3v) is 5.77. The summed E-state index contributed by atoms with van der Waals surface area (Å²) in [6, 6.07) is 18.1. The lowest BCUT2D eigenvalue weighted by Gasteiger charge is -2.18. The Labute approximate surface area is 144 Å². The molecular formula is C18H16FNO2S2. The van der Waals surface area contributed by atoms with Crippen LogP contribution in [0.25, 0.3) is 0 Å². The number of rotatable bonds is 6. The Hall–Kier alpha value is -2.02. The summed E-state index contributed by atoms with van der Waals surface area (Å²) in [5, 5.41) is 1.89. The van der Waals surface area contributed by atoms with Gasteiger partial charge in [0.2, 0.25) is 10.0 Å². The number of sulfonamides is 1. The maximum absolute atomic E-state index is 13.2. The monoisotopic (exact) mass is 361 g/mol. The molecule has 1 aromatic heterocycles. The molecule has 0 aliphatic carbocycles. The van der Waals surface area contributed by atoms with Crippen molar-refractivity contribution in [3.63, 3.8) is 0 Å². The van der Waals surface area contributed by atoms with Gasteiger partial charge >= 0.3 is 0 Å². The summed E-state index contributed by atoms with van der Waals surface area (Å²) in [6.07, 6.45) is 0. The van der Waals surface area contributed by atoms with E-state index in [1.54, 1.807) is 24.3 Å². The van der Waals surface area contributed by atoms with Crippen molar-refractivity contribution in [2.45, 2.75) is 11.8 Å². The number of nitrogens with one attached hydrogen (secondary N) is 1. The van der Waals surface area contributed by atoms with Crippen LogP contribution in [-0.2, 0) is 15.8 Å². The van der Waals surface area contributed by atoms with Crippen LogP contribution in [0.3, 0.4) is 0 Å². The molecule has 24 heavy (non-hydrogen) atoms. The van der Waals surface area contributed by atoms with Crippen molar-refractivity contribution in [1.29, 1.82) is 0 Å². The topological polar surface area (TPSA) is 46.2 Å². The van der Waals surface area contributed by atoms with Gasteiger partial charge in [-0.1, -0.05) is 48.5 Å². The zero-order valence-electron chi connectivity index (χ0n) is 12.7. The molecule has 0 radical (unpaired) electrons. The van der Waals surface area contributed by atoms with Gasteiger partial charge in [-0.05, 0) is 34.7 Å². The summed E-state index contributed by atoms with van der Waals surface area (Å²) >= 11 is 1.46. The maximum Gasteiger partial charge on any atom is 0.216 e. The molecule has 0 fully saturated rings. The molecule has 3 aromatic rings. The fraction of sp³-hybridized carbons (Fsp3) is 0.111. The van der Waals surface area contributed by atoms with Gasteiger partial charge in [0.05, 0.1) is 11.8 Å². The molecule has 1 N–H and O–H groups in total. The highest BCUT2D eigenvalue weighted by molar-refractivity contribution is 7.88. The molecule has 3 rings (SSSR count). The minimum Gasteiger partial charge on any atom is -0.212 e. The average Bonchev–Trinajstić information content (AvgIpc) is 3.08. The van der Waals surface area contributed by atoms with E-state index in [-0.39, 0.29) is 11.6 Å². The molecule has 0 bridgehead atoms. The predicted octanol–water partition coefficient (Wildman–Crippen LogP) is 4.10. The second-order valence-electron chi connectivity index (χ2n) is 5.36. The van der Waals surface area contributed by atoms with Gasteiger partial charge in [0.25, 0.3) is 0 Å². The molecule has 0 amide bonds. The van der Waals surface area contributed by atoms with Gasteiger partial charge in [0.1, 0.15) is 5.82 Å². The standard InChI is InChI=1S/C18H16FNO2S2/c19-16-10-8-15(9-11-16)18(17-7-4-12-23-17)20-24(21,22)13-14-5-2-1-3-6-14/h1-12,18,20H,13H2/t18-/m0/s1. The smallest absolute Gasteiger partial charge is 0.212 e. The molecule has 1 atom stereocenters. The van der Waals surface area contributed by atoms with Crippen molar-refractivity contribution in [2.75, 3.05) is 0 Å². The first-order chi connectivity index (χ1) is 11.5. The predicted molar refractivity (Wildman–Crippen MR) is 94.8 cm³/mol. The van der Waals surface area contributed by atoms with Crippen LogP contribution >= 0.6 is 11.3 Å². The summed E-state index contributed by atoms with van der Waals surface area (Å²) in [4.78, 5) is 0.859. The highest BCUT2D eigenvalue weighted by Crippen LogP contribution is 2.27. The number of benzene rings is 2. The molecule has 2 aromatic carbocycles. The zero-order valence-corrected chi connectivity index (χ0v) is 14.4. The van der Waals surface area contributed by atoms with Crippen LogP contribution in [0.1, 0.15) is 22.0 Å². The lowest BCUT2D eigenvalue weighted by atomic mass is 10.1. The Morgan fingerprint density at radius 1 is 0.958 bits per heavy atom. The third-order valence-electron chi connectivity index (χ3n) is 3.53. The molecule has 0 aliphatic rings. The van der Waals surface area contributed by atoms with Gasteiger partial charge < -0.3 is 0 Å². The molecule has 0 unspecified atom stereocenters. The first-order valence-electron chi connectivity index (χ1n) is 7.36. The molecule has 0 aliphatic heterocycles. The van der Waals surface area contributed by atoms with Gasteiger partial charge in [-0.3, -0.25) is 0 Å². The number of hydrogen-bond donors (Lipinski definition) is 1. The normalized spacial score (nSPS) is 12.9. The Morgan fingerprint density at radius 2 is 1.67 bits per heavy atom. The Kier molecular flexibility index (Phi) is 5.08. The highest BCUT2D eigenvalue weighted by Gasteiger charge is 2.22. The fourth-order valence-electron chi connectivity index (χ4n) is 2.42. The van der Waals surface area contributed by atoms with Crippen molar-refractivity contribution in [2.24, 2.45) is 0 Å². The number of hydrogen-bond acceptors (Lipinski definition) is 3.